The van der Waals surface area contributed by atoms with E-state index in [4.69, 9.17) is 9.47 Å². The molecule has 1 fully saturated rings. The number of rotatable bonds is 3. The highest BCUT2D eigenvalue weighted by molar-refractivity contribution is 5.58. The molecular weight excluding hydrogens is 305 g/mol. The van der Waals surface area contributed by atoms with Crippen LogP contribution in [0.15, 0.2) is 42.5 Å². The van der Waals surface area contributed by atoms with Gasteiger partial charge in [0.1, 0.15) is 11.6 Å². The van der Waals surface area contributed by atoms with Gasteiger partial charge in [0.05, 0.1) is 18.8 Å². The maximum Gasteiger partial charge on any atom is 0.124 e. The van der Waals surface area contributed by atoms with Crippen LogP contribution >= 0.6 is 0 Å². The SMILES string of the molecule is CCOc1ccccc1[C@@H]1Nc2ccc(F)cc2[C@H]2OCCC[C@@H]21. The average Bonchev–Trinajstić information content (AvgIpc) is 2.62. The summed E-state index contributed by atoms with van der Waals surface area (Å²) in [7, 11) is 0. The molecule has 3 atom stereocenters. The summed E-state index contributed by atoms with van der Waals surface area (Å²) in [5.41, 5.74) is 3.04. The molecule has 1 N–H and O–H groups in total. The fourth-order valence-electron chi connectivity index (χ4n) is 3.97. The average molecular weight is 327 g/mol. The second kappa shape index (κ2) is 6.44. The first kappa shape index (κ1) is 15.5. The number of hydrogen-bond acceptors (Lipinski definition) is 3. The van der Waals surface area contributed by atoms with Crippen LogP contribution < -0.4 is 10.1 Å². The largest absolute Gasteiger partial charge is 0.494 e. The van der Waals surface area contributed by atoms with Crippen molar-refractivity contribution < 1.29 is 13.9 Å². The number of nitrogens with one attached hydrogen (secondary N) is 1. The molecule has 0 spiro atoms. The molecule has 2 aromatic rings. The fraction of sp³-hybridized carbons (Fsp3) is 0.400. The quantitative estimate of drug-likeness (QED) is 0.873. The molecule has 0 unspecified atom stereocenters. The lowest BCUT2D eigenvalue weighted by molar-refractivity contribution is -0.0384. The highest BCUT2D eigenvalue weighted by atomic mass is 19.1. The number of halogens is 1. The normalized spacial score (nSPS) is 25.3. The summed E-state index contributed by atoms with van der Waals surface area (Å²) in [6.07, 6.45) is 2.02. The fourth-order valence-corrected chi connectivity index (χ4v) is 3.97. The zero-order chi connectivity index (χ0) is 16.5. The molecule has 2 aliphatic rings. The summed E-state index contributed by atoms with van der Waals surface area (Å²) in [6, 6.07) is 13.2. The predicted octanol–water partition coefficient (Wildman–Crippen LogP) is 4.86. The molecule has 0 aliphatic carbocycles. The van der Waals surface area contributed by atoms with E-state index in [2.05, 4.69) is 11.4 Å². The third-order valence-electron chi connectivity index (χ3n) is 4.98. The van der Waals surface area contributed by atoms with E-state index in [0.717, 1.165) is 42.0 Å². The third kappa shape index (κ3) is 2.65. The summed E-state index contributed by atoms with van der Waals surface area (Å²) in [6.45, 7) is 3.36. The lowest BCUT2D eigenvalue weighted by Crippen LogP contribution is -2.36. The Labute approximate surface area is 141 Å². The molecule has 4 heteroatoms. The van der Waals surface area contributed by atoms with Gasteiger partial charge in [-0.05, 0) is 44.0 Å². The van der Waals surface area contributed by atoms with Gasteiger partial charge in [-0.2, -0.15) is 0 Å². The van der Waals surface area contributed by atoms with Crippen molar-refractivity contribution in [2.45, 2.75) is 31.9 Å². The van der Waals surface area contributed by atoms with Crippen molar-refractivity contribution in [3.8, 4) is 5.75 Å². The third-order valence-corrected chi connectivity index (χ3v) is 4.98. The molecule has 0 aromatic heterocycles. The molecule has 2 heterocycles. The van der Waals surface area contributed by atoms with Crippen LogP contribution in [0.5, 0.6) is 5.75 Å². The van der Waals surface area contributed by atoms with Gasteiger partial charge in [0.15, 0.2) is 0 Å². The number of benzene rings is 2. The Morgan fingerprint density at radius 1 is 1.21 bits per heavy atom. The molecule has 4 rings (SSSR count). The van der Waals surface area contributed by atoms with Gasteiger partial charge in [-0.1, -0.05) is 18.2 Å². The number of fused-ring (bicyclic) bond motifs is 3. The highest BCUT2D eigenvalue weighted by Gasteiger charge is 2.40. The molecule has 0 bridgehead atoms. The molecule has 2 aromatic carbocycles. The summed E-state index contributed by atoms with van der Waals surface area (Å²) in [5, 5.41) is 3.61. The van der Waals surface area contributed by atoms with E-state index < -0.39 is 0 Å². The topological polar surface area (TPSA) is 30.5 Å². The van der Waals surface area contributed by atoms with Gasteiger partial charge < -0.3 is 14.8 Å². The second-order valence-electron chi connectivity index (χ2n) is 6.42. The first-order valence-corrected chi connectivity index (χ1v) is 8.67. The van der Waals surface area contributed by atoms with E-state index in [1.54, 1.807) is 6.07 Å². The van der Waals surface area contributed by atoms with Crippen LogP contribution in [0, 0.1) is 11.7 Å². The summed E-state index contributed by atoms with van der Waals surface area (Å²) in [4.78, 5) is 0. The Bertz CT molecular complexity index is 733. The molecule has 24 heavy (non-hydrogen) atoms. The Kier molecular flexibility index (Phi) is 4.15. The molecular formula is C20H22FNO2. The number of ether oxygens (including phenoxy) is 2. The summed E-state index contributed by atoms with van der Waals surface area (Å²) in [5.74, 6) is 0.971. The second-order valence-corrected chi connectivity index (χ2v) is 6.42. The van der Waals surface area contributed by atoms with Crippen LogP contribution in [-0.2, 0) is 4.74 Å². The van der Waals surface area contributed by atoms with Crippen LogP contribution in [0.4, 0.5) is 10.1 Å². The van der Waals surface area contributed by atoms with Gasteiger partial charge in [0.25, 0.3) is 0 Å². The van der Waals surface area contributed by atoms with E-state index in [1.165, 1.54) is 6.07 Å². The van der Waals surface area contributed by atoms with E-state index in [0.29, 0.717) is 6.61 Å². The molecule has 0 radical (unpaired) electrons. The van der Waals surface area contributed by atoms with Gasteiger partial charge in [-0.25, -0.2) is 4.39 Å². The molecule has 126 valence electrons. The molecule has 3 nitrogen and oxygen atoms in total. The minimum absolute atomic E-state index is 0.0645. The number of para-hydroxylation sites is 1. The monoisotopic (exact) mass is 327 g/mol. The first-order valence-electron chi connectivity index (χ1n) is 8.67. The lowest BCUT2D eigenvalue weighted by Gasteiger charge is -2.43. The van der Waals surface area contributed by atoms with Crippen molar-refractivity contribution in [3.63, 3.8) is 0 Å². The van der Waals surface area contributed by atoms with Crippen LogP contribution in [0.1, 0.15) is 43.0 Å². The van der Waals surface area contributed by atoms with Gasteiger partial charge in [0.2, 0.25) is 0 Å². The number of anilines is 1. The van der Waals surface area contributed by atoms with Gasteiger partial charge in [0, 0.05) is 29.3 Å². The van der Waals surface area contributed by atoms with Crippen LogP contribution in [0.2, 0.25) is 0 Å². The zero-order valence-corrected chi connectivity index (χ0v) is 13.8. The van der Waals surface area contributed by atoms with E-state index >= 15 is 0 Å². The van der Waals surface area contributed by atoms with E-state index in [9.17, 15) is 4.39 Å². The number of hydrogen-bond donors (Lipinski definition) is 1. The van der Waals surface area contributed by atoms with Crippen molar-refractivity contribution in [1.82, 2.24) is 0 Å². The Hall–Kier alpha value is -2.07. The molecule has 1 saturated heterocycles. The van der Waals surface area contributed by atoms with Crippen molar-refractivity contribution in [1.29, 1.82) is 0 Å². The van der Waals surface area contributed by atoms with E-state index in [1.807, 2.05) is 31.2 Å². The van der Waals surface area contributed by atoms with Gasteiger partial charge in [-0.15, -0.1) is 0 Å². The minimum atomic E-state index is -0.211. The lowest BCUT2D eigenvalue weighted by atomic mass is 9.77. The van der Waals surface area contributed by atoms with Gasteiger partial charge >= 0.3 is 0 Å². The smallest absolute Gasteiger partial charge is 0.124 e. The molecule has 0 saturated carbocycles. The van der Waals surface area contributed by atoms with Gasteiger partial charge in [-0.3, -0.25) is 0 Å². The first-order chi connectivity index (χ1) is 11.8. The van der Waals surface area contributed by atoms with Crippen LogP contribution in [0.25, 0.3) is 0 Å². The Morgan fingerprint density at radius 3 is 2.96 bits per heavy atom. The van der Waals surface area contributed by atoms with Crippen molar-refractivity contribution >= 4 is 5.69 Å². The molecule has 2 aliphatic heterocycles. The van der Waals surface area contributed by atoms with Crippen LogP contribution in [0.3, 0.4) is 0 Å². The summed E-state index contributed by atoms with van der Waals surface area (Å²) < 4.78 is 25.6. The van der Waals surface area contributed by atoms with Crippen molar-refractivity contribution in [2.24, 2.45) is 5.92 Å². The highest BCUT2D eigenvalue weighted by Crippen LogP contribution is 2.50. The van der Waals surface area contributed by atoms with Crippen molar-refractivity contribution in [2.75, 3.05) is 18.5 Å². The summed E-state index contributed by atoms with van der Waals surface area (Å²) >= 11 is 0. The maximum absolute atomic E-state index is 13.7. The molecule has 0 amide bonds. The zero-order valence-electron chi connectivity index (χ0n) is 13.8. The Balaban J connectivity index is 1.78. The van der Waals surface area contributed by atoms with Crippen molar-refractivity contribution in [3.05, 3.63) is 59.4 Å². The minimum Gasteiger partial charge on any atom is -0.494 e. The maximum atomic E-state index is 13.7. The standard InChI is InChI=1S/C20H22FNO2/c1-2-23-18-8-4-3-6-14(18)19-15-7-5-11-24-20(15)16-12-13(21)9-10-17(16)22-19/h3-4,6,8-10,12,15,19-20,22H,2,5,7,11H2,1H3/t15-,19+,20+/m1/s1. The van der Waals surface area contributed by atoms with Crippen LogP contribution in [-0.4, -0.2) is 13.2 Å². The van der Waals surface area contributed by atoms with E-state index in [-0.39, 0.29) is 23.9 Å². The predicted molar refractivity (Wildman–Crippen MR) is 91.8 cm³/mol. The Morgan fingerprint density at radius 2 is 2.08 bits per heavy atom.